The summed E-state index contributed by atoms with van der Waals surface area (Å²) >= 11 is 1.42. The molecule has 1 fully saturated rings. The molecule has 1 aliphatic heterocycles. The van der Waals surface area contributed by atoms with Crippen LogP contribution in [0.1, 0.15) is 62.4 Å². The van der Waals surface area contributed by atoms with Crippen LogP contribution in [0.5, 0.6) is 0 Å². The predicted molar refractivity (Wildman–Crippen MR) is 116 cm³/mol. The lowest BCUT2D eigenvalue weighted by Gasteiger charge is -2.15. The Morgan fingerprint density at radius 3 is 2.60 bits per heavy atom. The summed E-state index contributed by atoms with van der Waals surface area (Å²) < 4.78 is 5.59. The van der Waals surface area contributed by atoms with Crippen LogP contribution in [0.3, 0.4) is 0 Å². The Bertz CT molecular complexity index is 958. The van der Waals surface area contributed by atoms with Gasteiger partial charge in [-0.3, -0.25) is 14.4 Å². The van der Waals surface area contributed by atoms with Crippen molar-refractivity contribution < 1.29 is 19.1 Å². The molecule has 1 saturated heterocycles. The summed E-state index contributed by atoms with van der Waals surface area (Å²) in [7, 11) is 0. The van der Waals surface area contributed by atoms with Crippen LogP contribution in [0.4, 0.5) is 5.00 Å². The molecule has 158 valence electrons. The number of nitrogens with one attached hydrogen (secondary N) is 2. The van der Waals surface area contributed by atoms with Crippen LogP contribution in [-0.4, -0.2) is 36.9 Å². The van der Waals surface area contributed by atoms with Gasteiger partial charge in [-0.15, -0.1) is 11.3 Å². The number of carbonyl (C=O) groups excluding carboxylic acids is 3. The van der Waals surface area contributed by atoms with Gasteiger partial charge in [-0.05, 0) is 51.0 Å². The molecule has 0 spiro atoms. The fourth-order valence-corrected chi connectivity index (χ4v) is 5.27. The van der Waals surface area contributed by atoms with Gasteiger partial charge in [0.2, 0.25) is 0 Å². The van der Waals surface area contributed by atoms with Gasteiger partial charge in [0.15, 0.2) is 0 Å². The summed E-state index contributed by atoms with van der Waals surface area (Å²) in [6.45, 7) is 3.11. The van der Waals surface area contributed by atoms with Gasteiger partial charge >= 0.3 is 0 Å². The molecule has 2 aromatic rings. The van der Waals surface area contributed by atoms with Crippen molar-refractivity contribution in [1.82, 2.24) is 5.32 Å². The summed E-state index contributed by atoms with van der Waals surface area (Å²) in [6.07, 6.45) is 5.80. The lowest BCUT2D eigenvalue weighted by molar-refractivity contribution is -0.112. The largest absolute Gasteiger partial charge is 0.376 e. The van der Waals surface area contributed by atoms with Gasteiger partial charge in [-0.25, -0.2) is 0 Å². The van der Waals surface area contributed by atoms with Gasteiger partial charge in [-0.2, -0.15) is 0 Å². The number of carbonyl (C=O) groups is 3. The molecule has 2 heterocycles. The zero-order valence-electron chi connectivity index (χ0n) is 17.1. The van der Waals surface area contributed by atoms with E-state index >= 15 is 0 Å². The fraction of sp³-hybridized carbons (Fsp3) is 0.435. The number of amides is 2. The lowest BCUT2D eigenvalue weighted by Crippen LogP contribution is -2.33. The number of ketones is 1. The first kappa shape index (κ1) is 20.8. The fourth-order valence-electron chi connectivity index (χ4n) is 3.99. The number of benzene rings is 1. The van der Waals surface area contributed by atoms with Gasteiger partial charge in [0.05, 0.1) is 11.7 Å². The van der Waals surface area contributed by atoms with E-state index in [0.717, 1.165) is 61.1 Å². The number of fused-ring (bicyclic) bond motifs is 1. The van der Waals surface area contributed by atoms with Crippen molar-refractivity contribution in [3.63, 3.8) is 0 Å². The van der Waals surface area contributed by atoms with E-state index in [1.54, 1.807) is 24.3 Å². The van der Waals surface area contributed by atoms with E-state index in [2.05, 4.69) is 10.6 Å². The second kappa shape index (κ2) is 9.10. The highest BCUT2D eigenvalue weighted by molar-refractivity contribution is 7.17. The Kier molecular flexibility index (Phi) is 6.29. The molecule has 2 amide bonds. The minimum Gasteiger partial charge on any atom is -0.376 e. The summed E-state index contributed by atoms with van der Waals surface area (Å²) in [6, 6.07) is 6.89. The van der Waals surface area contributed by atoms with Crippen LogP contribution in [0.15, 0.2) is 24.3 Å². The third-order valence-corrected chi connectivity index (χ3v) is 6.87. The van der Waals surface area contributed by atoms with Gasteiger partial charge in [-0.1, -0.05) is 29.8 Å². The normalized spacial score (nSPS) is 18.0. The van der Waals surface area contributed by atoms with Gasteiger partial charge in [0, 0.05) is 23.6 Å². The monoisotopic (exact) mass is 426 g/mol. The number of thiophene rings is 1. The summed E-state index contributed by atoms with van der Waals surface area (Å²) in [5.41, 5.74) is 2.87. The zero-order chi connectivity index (χ0) is 21.1. The Morgan fingerprint density at radius 2 is 1.87 bits per heavy atom. The molecule has 7 heteroatoms. The van der Waals surface area contributed by atoms with E-state index in [1.807, 2.05) is 6.92 Å². The van der Waals surface area contributed by atoms with E-state index in [1.165, 1.54) is 11.3 Å². The van der Waals surface area contributed by atoms with Crippen LogP contribution in [0, 0.1) is 6.92 Å². The second-order valence-corrected chi connectivity index (χ2v) is 9.01. The quantitative estimate of drug-likeness (QED) is 0.545. The number of hydrogen-bond acceptors (Lipinski definition) is 5. The van der Waals surface area contributed by atoms with Crippen molar-refractivity contribution in [1.29, 1.82) is 0 Å². The van der Waals surface area contributed by atoms with Crippen molar-refractivity contribution in [2.24, 2.45) is 0 Å². The van der Waals surface area contributed by atoms with Crippen molar-refractivity contribution in [2.45, 2.75) is 51.6 Å². The Morgan fingerprint density at radius 1 is 1.10 bits per heavy atom. The smallest absolute Gasteiger partial charge is 0.297 e. The molecule has 2 aliphatic rings. The molecule has 1 aliphatic carbocycles. The Hall–Kier alpha value is -2.51. The Labute approximate surface area is 180 Å². The average molecular weight is 427 g/mol. The number of ether oxygens (including phenoxy) is 1. The molecule has 6 nitrogen and oxygen atoms in total. The maximum absolute atomic E-state index is 13.0. The lowest BCUT2D eigenvalue weighted by atomic mass is 9.95. The highest BCUT2D eigenvalue weighted by Crippen LogP contribution is 2.38. The maximum Gasteiger partial charge on any atom is 0.297 e. The third-order valence-electron chi connectivity index (χ3n) is 5.66. The maximum atomic E-state index is 13.0. The van der Waals surface area contributed by atoms with Crippen molar-refractivity contribution >= 4 is 33.9 Å². The molecular weight excluding hydrogens is 400 g/mol. The number of hydrogen-bond donors (Lipinski definition) is 2. The molecule has 0 saturated carbocycles. The van der Waals surface area contributed by atoms with Crippen molar-refractivity contribution in [3.05, 3.63) is 51.4 Å². The highest BCUT2D eigenvalue weighted by Gasteiger charge is 2.28. The first-order chi connectivity index (χ1) is 14.5. The number of aryl methyl sites for hydroxylation is 2. The Balaban J connectivity index is 1.53. The van der Waals surface area contributed by atoms with Crippen molar-refractivity contribution in [3.8, 4) is 0 Å². The molecule has 1 aromatic carbocycles. The molecule has 1 unspecified atom stereocenters. The molecule has 4 rings (SSSR count). The first-order valence-corrected chi connectivity index (χ1v) is 11.3. The number of Topliss-reactive ketones (excluding diaryl/α,β-unsaturated/α-hetero) is 1. The van der Waals surface area contributed by atoms with E-state index in [4.69, 9.17) is 4.74 Å². The minimum absolute atomic E-state index is 0.0459. The number of anilines is 1. The predicted octanol–water partition coefficient (Wildman–Crippen LogP) is 3.67. The van der Waals surface area contributed by atoms with E-state index in [0.29, 0.717) is 22.7 Å². The molecule has 1 atom stereocenters. The second-order valence-electron chi connectivity index (χ2n) is 7.91. The minimum atomic E-state index is -0.717. The first-order valence-electron chi connectivity index (χ1n) is 10.5. The molecule has 1 aromatic heterocycles. The molecule has 0 radical (unpaired) electrons. The van der Waals surface area contributed by atoms with Crippen LogP contribution < -0.4 is 10.6 Å². The van der Waals surface area contributed by atoms with Crippen LogP contribution in [0.25, 0.3) is 0 Å². The molecular formula is C23H26N2O4S. The zero-order valence-corrected chi connectivity index (χ0v) is 17.9. The van der Waals surface area contributed by atoms with Crippen LogP contribution >= 0.6 is 11.3 Å². The summed E-state index contributed by atoms with van der Waals surface area (Å²) in [5, 5.41) is 6.16. The molecule has 2 N–H and O–H groups in total. The van der Waals surface area contributed by atoms with E-state index < -0.39 is 11.7 Å². The van der Waals surface area contributed by atoms with Gasteiger partial charge < -0.3 is 15.4 Å². The van der Waals surface area contributed by atoms with Crippen LogP contribution in [0.2, 0.25) is 0 Å². The molecule has 30 heavy (non-hydrogen) atoms. The summed E-state index contributed by atoms with van der Waals surface area (Å²) in [4.78, 5) is 39.4. The molecule has 0 bridgehead atoms. The van der Waals surface area contributed by atoms with E-state index in [9.17, 15) is 14.4 Å². The van der Waals surface area contributed by atoms with Gasteiger partial charge in [0.1, 0.15) is 5.00 Å². The third kappa shape index (κ3) is 4.47. The summed E-state index contributed by atoms with van der Waals surface area (Å²) in [5.74, 6) is -1.53. The van der Waals surface area contributed by atoms with Crippen molar-refractivity contribution in [2.75, 3.05) is 18.5 Å². The topological polar surface area (TPSA) is 84.5 Å². The van der Waals surface area contributed by atoms with E-state index in [-0.39, 0.29) is 12.0 Å². The SMILES string of the molecule is Cc1ccc(C(=O)C(=O)Nc2sc3c(c2C(=O)NCC2CCCO2)CCCC3)cc1. The number of rotatable bonds is 6. The van der Waals surface area contributed by atoms with Gasteiger partial charge in [0.25, 0.3) is 17.6 Å². The highest BCUT2D eigenvalue weighted by atomic mass is 32.1. The van der Waals surface area contributed by atoms with Crippen LogP contribution in [-0.2, 0) is 22.4 Å². The average Bonchev–Trinajstić information content (AvgIpc) is 3.39. The standard InChI is InChI=1S/C23H26N2O4S/c1-14-8-10-15(11-9-14)20(26)22(28)25-23-19(17-6-2-3-7-18(17)30-23)21(27)24-13-16-5-4-12-29-16/h8-11,16H,2-7,12-13H2,1H3,(H,24,27)(H,25,28).